The van der Waals surface area contributed by atoms with Gasteiger partial charge in [-0.25, -0.2) is 0 Å². The van der Waals surface area contributed by atoms with E-state index in [1.54, 1.807) is 7.11 Å². The van der Waals surface area contributed by atoms with E-state index in [0.29, 0.717) is 5.92 Å². The lowest BCUT2D eigenvalue weighted by atomic mass is 9.96. The summed E-state index contributed by atoms with van der Waals surface area (Å²) in [6, 6.07) is 5.89. The quantitative estimate of drug-likeness (QED) is 0.877. The average Bonchev–Trinajstić information content (AvgIpc) is 2.54. The highest BCUT2D eigenvalue weighted by molar-refractivity contribution is 5.94. The molecule has 1 saturated heterocycles. The third kappa shape index (κ3) is 4.82. The number of likely N-dealkylation sites (tertiary alicyclic amines) is 1. The summed E-state index contributed by atoms with van der Waals surface area (Å²) in [5.41, 5.74) is 3.15. The van der Waals surface area contributed by atoms with Crippen molar-refractivity contribution in [2.45, 2.75) is 26.7 Å². The van der Waals surface area contributed by atoms with Gasteiger partial charge in [0.25, 0.3) is 5.91 Å². The van der Waals surface area contributed by atoms with Gasteiger partial charge in [-0.2, -0.15) is 0 Å². The SMILES string of the molecule is COCCN1CCC(CNC(=O)c2ccc(C)c(C)c2)CC1. The first kappa shape index (κ1) is 17.0. The van der Waals surface area contributed by atoms with E-state index in [4.69, 9.17) is 4.74 Å². The minimum Gasteiger partial charge on any atom is -0.383 e. The minimum absolute atomic E-state index is 0.0462. The Hall–Kier alpha value is -1.39. The van der Waals surface area contributed by atoms with Gasteiger partial charge in [0.05, 0.1) is 6.61 Å². The van der Waals surface area contributed by atoms with Gasteiger partial charge in [-0.15, -0.1) is 0 Å². The van der Waals surface area contributed by atoms with Gasteiger partial charge in [-0.05, 0) is 69.0 Å². The summed E-state index contributed by atoms with van der Waals surface area (Å²) >= 11 is 0. The Labute approximate surface area is 133 Å². The maximum atomic E-state index is 12.2. The van der Waals surface area contributed by atoms with Crippen LogP contribution in [0.15, 0.2) is 18.2 Å². The Morgan fingerprint density at radius 3 is 2.64 bits per heavy atom. The third-order valence-electron chi connectivity index (χ3n) is 4.64. The van der Waals surface area contributed by atoms with Crippen molar-refractivity contribution in [2.24, 2.45) is 5.92 Å². The average molecular weight is 304 g/mol. The third-order valence-corrected chi connectivity index (χ3v) is 4.64. The van der Waals surface area contributed by atoms with E-state index in [1.165, 1.54) is 11.1 Å². The molecule has 1 aliphatic heterocycles. The lowest BCUT2D eigenvalue weighted by Crippen LogP contribution is -2.39. The predicted molar refractivity (Wildman–Crippen MR) is 89.3 cm³/mol. The maximum absolute atomic E-state index is 12.2. The Kier molecular flexibility index (Phi) is 6.40. The number of aryl methyl sites for hydroxylation is 2. The van der Waals surface area contributed by atoms with E-state index in [0.717, 1.165) is 51.2 Å². The molecule has 4 nitrogen and oxygen atoms in total. The highest BCUT2D eigenvalue weighted by Gasteiger charge is 2.19. The second kappa shape index (κ2) is 8.30. The van der Waals surface area contributed by atoms with Gasteiger partial charge in [0, 0.05) is 25.8 Å². The Bertz CT molecular complexity index is 494. The Morgan fingerprint density at radius 2 is 2.00 bits per heavy atom. The molecule has 4 heteroatoms. The summed E-state index contributed by atoms with van der Waals surface area (Å²) in [5.74, 6) is 0.638. The van der Waals surface area contributed by atoms with Crippen molar-refractivity contribution in [1.82, 2.24) is 10.2 Å². The number of carbonyl (C=O) groups excluding carboxylic acids is 1. The minimum atomic E-state index is 0.0462. The first-order valence-corrected chi connectivity index (χ1v) is 8.17. The number of methoxy groups -OCH3 is 1. The zero-order valence-corrected chi connectivity index (χ0v) is 14.0. The zero-order chi connectivity index (χ0) is 15.9. The molecular weight excluding hydrogens is 276 g/mol. The van der Waals surface area contributed by atoms with Crippen LogP contribution >= 0.6 is 0 Å². The van der Waals surface area contributed by atoms with Crippen LogP contribution in [0.2, 0.25) is 0 Å². The topological polar surface area (TPSA) is 41.6 Å². The molecule has 0 radical (unpaired) electrons. The van der Waals surface area contributed by atoms with Crippen LogP contribution in [0.25, 0.3) is 0 Å². The lowest BCUT2D eigenvalue weighted by molar-refractivity contribution is 0.0926. The fourth-order valence-electron chi connectivity index (χ4n) is 2.86. The van der Waals surface area contributed by atoms with Gasteiger partial charge >= 0.3 is 0 Å². The van der Waals surface area contributed by atoms with Gasteiger partial charge in [-0.3, -0.25) is 4.79 Å². The molecular formula is C18H28N2O2. The zero-order valence-electron chi connectivity index (χ0n) is 14.0. The van der Waals surface area contributed by atoms with Crippen molar-refractivity contribution >= 4 is 5.91 Å². The van der Waals surface area contributed by atoms with Crippen LogP contribution in [-0.2, 0) is 4.74 Å². The largest absolute Gasteiger partial charge is 0.383 e. The molecule has 0 spiro atoms. The molecule has 22 heavy (non-hydrogen) atoms. The number of hydrogen-bond acceptors (Lipinski definition) is 3. The standard InChI is InChI=1S/C18H28N2O2/c1-14-4-5-17(12-15(14)2)18(21)19-13-16-6-8-20(9-7-16)10-11-22-3/h4-5,12,16H,6-11,13H2,1-3H3,(H,19,21). The molecule has 0 saturated carbocycles. The number of nitrogens with zero attached hydrogens (tertiary/aromatic N) is 1. The first-order valence-electron chi connectivity index (χ1n) is 8.17. The molecule has 0 bridgehead atoms. The molecule has 2 rings (SSSR count). The number of carbonyl (C=O) groups is 1. The van der Waals surface area contributed by atoms with Crippen LogP contribution in [-0.4, -0.2) is 50.7 Å². The number of amides is 1. The van der Waals surface area contributed by atoms with Gasteiger partial charge < -0.3 is 15.0 Å². The predicted octanol–water partition coefficient (Wildman–Crippen LogP) is 2.39. The van der Waals surface area contributed by atoms with Crippen molar-refractivity contribution < 1.29 is 9.53 Å². The fourth-order valence-corrected chi connectivity index (χ4v) is 2.86. The number of ether oxygens (including phenoxy) is 1. The molecule has 1 aromatic rings. The van der Waals surface area contributed by atoms with Crippen molar-refractivity contribution in [2.75, 3.05) is 39.9 Å². The van der Waals surface area contributed by atoms with Gasteiger partial charge in [0.15, 0.2) is 0 Å². The molecule has 1 amide bonds. The summed E-state index contributed by atoms with van der Waals surface area (Å²) in [4.78, 5) is 14.7. The Morgan fingerprint density at radius 1 is 1.27 bits per heavy atom. The molecule has 1 fully saturated rings. The van der Waals surface area contributed by atoms with E-state index in [1.807, 2.05) is 25.1 Å². The summed E-state index contributed by atoms with van der Waals surface area (Å²) < 4.78 is 5.12. The number of piperidine rings is 1. The molecule has 0 unspecified atom stereocenters. The summed E-state index contributed by atoms with van der Waals surface area (Å²) in [6.45, 7) is 8.91. The highest BCUT2D eigenvalue weighted by Crippen LogP contribution is 2.16. The maximum Gasteiger partial charge on any atom is 0.251 e. The van der Waals surface area contributed by atoms with Crippen LogP contribution in [0.4, 0.5) is 0 Å². The van der Waals surface area contributed by atoms with Crippen molar-refractivity contribution in [1.29, 1.82) is 0 Å². The normalized spacial score (nSPS) is 16.7. The molecule has 122 valence electrons. The smallest absolute Gasteiger partial charge is 0.251 e. The van der Waals surface area contributed by atoms with Crippen LogP contribution in [0, 0.1) is 19.8 Å². The van der Waals surface area contributed by atoms with Crippen LogP contribution < -0.4 is 5.32 Å². The molecule has 0 aliphatic carbocycles. The number of rotatable bonds is 6. The monoisotopic (exact) mass is 304 g/mol. The molecule has 1 N–H and O–H groups in total. The van der Waals surface area contributed by atoms with Crippen molar-refractivity contribution in [3.8, 4) is 0 Å². The molecule has 1 aliphatic rings. The van der Waals surface area contributed by atoms with Gasteiger partial charge in [0.2, 0.25) is 0 Å². The van der Waals surface area contributed by atoms with E-state index in [9.17, 15) is 4.79 Å². The first-order chi connectivity index (χ1) is 10.6. The van der Waals surface area contributed by atoms with Crippen LogP contribution in [0.5, 0.6) is 0 Å². The van der Waals surface area contributed by atoms with Crippen molar-refractivity contribution in [3.05, 3.63) is 34.9 Å². The highest BCUT2D eigenvalue weighted by atomic mass is 16.5. The molecule has 0 atom stereocenters. The Balaban J connectivity index is 1.74. The van der Waals surface area contributed by atoms with E-state index >= 15 is 0 Å². The second-order valence-electron chi connectivity index (χ2n) is 6.29. The molecule has 1 heterocycles. The number of benzene rings is 1. The number of nitrogens with one attached hydrogen (secondary N) is 1. The van der Waals surface area contributed by atoms with Crippen molar-refractivity contribution in [3.63, 3.8) is 0 Å². The number of hydrogen-bond donors (Lipinski definition) is 1. The lowest BCUT2D eigenvalue weighted by Gasteiger charge is -2.31. The second-order valence-corrected chi connectivity index (χ2v) is 6.29. The van der Waals surface area contributed by atoms with E-state index in [2.05, 4.69) is 17.1 Å². The van der Waals surface area contributed by atoms with Crippen LogP contribution in [0.3, 0.4) is 0 Å². The fraction of sp³-hybridized carbons (Fsp3) is 0.611. The molecule has 1 aromatic carbocycles. The summed E-state index contributed by atoms with van der Waals surface area (Å²) in [7, 11) is 1.75. The molecule has 0 aromatic heterocycles. The summed E-state index contributed by atoms with van der Waals surface area (Å²) in [6.07, 6.45) is 2.30. The van der Waals surface area contributed by atoms with Gasteiger partial charge in [0.1, 0.15) is 0 Å². The summed E-state index contributed by atoms with van der Waals surface area (Å²) in [5, 5.41) is 3.09. The van der Waals surface area contributed by atoms with Gasteiger partial charge in [-0.1, -0.05) is 6.07 Å². The van der Waals surface area contributed by atoms with E-state index in [-0.39, 0.29) is 5.91 Å². The van der Waals surface area contributed by atoms with Crippen LogP contribution in [0.1, 0.15) is 34.3 Å². The van der Waals surface area contributed by atoms with E-state index < -0.39 is 0 Å².